The van der Waals surface area contributed by atoms with Gasteiger partial charge in [-0.05, 0) is 36.8 Å². The molecular formula is C18H26O3. The van der Waals surface area contributed by atoms with E-state index >= 15 is 0 Å². The third kappa shape index (κ3) is 6.23. The zero-order valence-corrected chi connectivity index (χ0v) is 13.3. The SMILES string of the molecule is C=Cc1ccccc1C(CC[C@H](C)CC(C)=O)OCOC. The molecule has 2 atom stereocenters. The first-order valence-corrected chi connectivity index (χ1v) is 7.39. The average molecular weight is 290 g/mol. The minimum absolute atomic E-state index is 0.0337. The Kier molecular flexibility index (Phi) is 7.95. The van der Waals surface area contributed by atoms with Gasteiger partial charge in [-0.2, -0.15) is 0 Å². The second-order valence-corrected chi connectivity index (χ2v) is 5.48. The molecule has 0 spiro atoms. The molecule has 3 nitrogen and oxygen atoms in total. The Hall–Kier alpha value is -1.45. The van der Waals surface area contributed by atoms with Crippen LogP contribution in [0.2, 0.25) is 0 Å². The van der Waals surface area contributed by atoms with Gasteiger partial charge in [0.15, 0.2) is 0 Å². The molecule has 0 heterocycles. The van der Waals surface area contributed by atoms with Gasteiger partial charge in [-0.1, -0.05) is 43.8 Å². The summed E-state index contributed by atoms with van der Waals surface area (Å²) in [6, 6.07) is 8.09. The minimum Gasteiger partial charge on any atom is -0.359 e. The summed E-state index contributed by atoms with van der Waals surface area (Å²) in [7, 11) is 1.62. The predicted molar refractivity (Wildman–Crippen MR) is 85.9 cm³/mol. The molecule has 0 aliphatic heterocycles. The number of benzene rings is 1. The Balaban J connectivity index is 2.75. The number of ketones is 1. The molecule has 0 saturated carbocycles. The number of carbonyl (C=O) groups is 1. The number of Topliss-reactive ketones (excluding diaryl/α,β-unsaturated/α-hetero) is 1. The second kappa shape index (κ2) is 9.48. The van der Waals surface area contributed by atoms with Crippen LogP contribution in [-0.2, 0) is 14.3 Å². The molecule has 0 bridgehead atoms. The lowest BCUT2D eigenvalue weighted by Gasteiger charge is -2.21. The molecule has 1 rings (SSSR count). The summed E-state index contributed by atoms with van der Waals surface area (Å²) < 4.78 is 10.9. The van der Waals surface area contributed by atoms with Crippen LogP contribution in [0.15, 0.2) is 30.8 Å². The van der Waals surface area contributed by atoms with Gasteiger partial charge in [0, 0.05) is 13.5 Å². The van der Waals surface area contributed by atoms with Crippen LogP contribution < -0.4 is 0 Å². The van der Waals surface area contributed by atoms with Gasteiger partial charge in [0.25, 0.3) is 0 Å². The van der Waals surface area contributed by atoms with E-state index in [0.717, 1.165) is 24.0 Å². The van der Waals surface area contributed by atoms with Crippen molar-refractivity contribution < 1.29 is 14.3 Å². The first kappa shape index (κ1) is 17.6. The van der Waals surface area contributed by atoms with Crippen LogP contribution in [0.1, 0.15) is 50.3 Å². The lowest BCUT2D eigenvalue weighted by Crippen LogP contribution is -2.11. The van der Waals surface area contributed by atoms with Crippen LogP contribution in [0, 0.1) is 5.92 Å². The van der Waals surface area contributed by atoms with E-state index in [9.17, 15) is 4.79 Å². The Labute approximate surface area is 128 Å². The van der Waals surface area contributed by atoms with Crippen molar-refractivity contribution in [3.05, 3.63) is 42.0 Å². The highest BCUT2D eigenvalue weighted by Gasteiger charge is 2.16. The smallest absolute Gasteiger partial charge is 0.147 e. The van der Waals surface area contributed by atoms with E-state index in [2.05, 4.69) is 19.6 Å². The summed E-state index contributed by atoms with van der Waals surface area (Å²) in [4.78, 5) is 11.2. The summed E-state index contributed by atoms with van der Waals surface area (Å²) >= 11 is 0. The van der Waals surface area contributed by atoms with Crippen molar-refractivity contribution in [1.29, 1.82) is 0 Å². The Bertz CT molecular complexity index is 454. The van der Waals surface area contributed by atoms with Crippen LogP contribution in [-0.4, -0.2) is 19.7 Å². The van der Waals surface area contributed by atoms with E-state index in [1.54, 1.807) is 14.0 Å². The minimum atomic E-state index is -0.0337. The third-order valence-electron chi connectivity index (χ3n) is 3.51. The number of ether oxygens (including phenoxy) is 2. The summed E-state index contributed by atoms with van der Waals surface area (Å²) in [5.41, 5.74) is 2.21. The van der Waals surface area contributed by atoms with Crippen molar-refractivity contribution in [3.8, 4) is 0 Å². The number of rotatable bonds is 10. The highest BCUT2D eigenvalue weighted by molar-refractivity contribution is 5.75. The molecule has 1 unspecified atom stereocenters. The highest BCUT2D eigenvalue weighted by atomic mass is 16.7. The molecule has 21 heavy (non-hydrogen) atoms. The van der Waals surface area contributed by atoms with E-state index in [-0.39, 0.29) is 18.7 Å². The van der Waals surface area contributed by atoms with Gasteiger partial charge < -0.3 is 14.3 Å². The Morgan fingerprint density at radius 1 is 1.33 bits per heavy atom. The second-order valence-electron chi connectivity index (χ2n) is 5.48. The molecular weight excluding hydrogens is 264 g/mol. The van der Waals surface area contributed by atoms with Gasteiger partial charge >= 0.3 is 0 Å². The first-order chi connectivity index (χ1) is 10.1. The maximum Gasteiger partial charge on any atom is 0.147 e. The van der Waals surface area contributed by atoms with E-state index in [0.29, 0.717) is 12.3 Å². The van der Waals surface area contributed by atoms with Crippen LogP contribution in [0.5, 0.6) is 0 Å². The van der Waals surface area contributed by atoms with Gasteiger partial charge in [-0.25, -0.2) is 0 Å². The van der Waals surface area contributed by atoms with E-state index in [1.807, 2.05) is 24.3 Å². The van der Waals surface area contributed by atoms with E-state index in [1.165, 1.54) is 0 Å². The summed E-state index contributed by atoms with van der Waals surface area (Å²) in [5, 5.41) is 0. The fourth-order valence-electron chi connectivity index (χ4n) is 2.50. The Morgan fingerprint density at radius 2 is 2.05 bits per heavy atom. The molecule has 0 radical (unpaired) electrons. The number of hydrogen-bond donors (Lipinski definition) is 0. The van der Waals surface area contributed by atoms with Crippen molar-refractivity contribution in [1.82, 2.24) is 0 Å². The first-order valence-electron chi connectivity index (χ1n) is 7.39. The van der Waals surface area contributed by atoms with Crippen molar-refractivity contribution in [3.63, 3.8) is 0 Å². The highest BCUT2D eigenvalue weighted by Crippen LogP contribution is 2.29. The zero-order valence-electron chi connectivity index (χ0n) is 13.3. The molecule has 0 fully saturated rings. The van der Waals surface area contributed by atoms with Crippen molar-refractivity contribution in [2.75, 3.05) is 13.9 Å². The third-order valence-corrected chi connectivity index (χ3v) is 3.51. The molecule has 1 aromatic rings. The quantitative estimate of drug-likeness (QED) is 0.600. The molecule has 0 amide bonds. The fraction of sp³-hybridized carbons (Fsp3) is 0.500. The monoisotopic (exact) mass is 290 g/mol. The number of carbonyl (C=O) groups excluding carboxylic acids is 1. The lowest BCUT2D eigenvalue weighted by molar-refractivity contribution is -0.118. The summed E-state index contributed by atoms with van der Waals surface area (Å²) in [6.07, 6.45) is 4.24. The molecule has 116 valence electrons. The van der Waals surface area contributed by atoms with Gasteiger partial charge in [-0.15, -0.1) is 0 Å². The van der Waals surface area contributed by atoms with Crippen molar-refractivity contribution in [2.24, 2.45) is 5.92 Å². The zero-order chi connectivity index (χ0) is 15.7. The summed E-state index contributed by atoms with van der Waals surface area (Å²) in [6.45, 7) is 7.87. The van der Waals surface area contributed by atoms with E-state index < -0.39 is 0 Å². The summed E-state index contributed by atoms with van der Waals surface area (Å²) in [5.74, 6) is 0.607. The van der Waals surface area contributed by atoms with Crippen molar-refractivity contribution in [2.45, 2.75) is 39.2 Å². The van der Waals surface area contributed by atoms with Crippen LogP contribution in [0.25, 0.3) is 6.08 Å². The maximum atomic E-state index is 11.2. The number of methoxy groups -OCH3 is 1. The van der Waals surface area contributed by atoms with Gasteiger partial charge in [0.05, 0.1) is 6.10 Å². The lowest BCUT2D eigenvalue weighted by atomic mass is 9.93. The van der Waals surface area contributed by atoms with Crippen LogP contribution in [0.3, 0.4) is 0 Å². The number of hydrogen-bond acceptors (Lipinski definition) is 3. The molecule has 0 aliphatic carbocycles. The molecule has 1 aromatic carbocycles. The predicted octanol–water partition coefficient (Wildman–Crippen LogP) is 4.39. The van der Waals surface area contributed by atoms with Gasteiger partial charge in [0.1, 0.15) is 12.6 Å². The topological polar surface area (TPSA) is 35.5 Å². The average Bonchev–Trinajstić information content (AvgIpc) is 2.46. The van der Waals surface area contributed by atoms with Crippen LogP contribution in [0.4, 0.5) is 0 Å². The standard InChI is InChI=1S/C18H26O3/c1-5-16-8-6-7-9-17(16)18(21-13-20-4)11-10-14(2)12-15(3)19/h5-9,14,18H,1,10-13H2,2-4H3/t14-,18?/m0/s1. The van der Waals surface area contributed by atoms with Crippen LogP contribution >= 0.6 is 0 Å². The molecule has 0 saturated heterocycles. The normalized spacial score (nSPS) is 13.7. The fourth-order valence-corrected chi connectivity index (χ4v) is 2.50. The molecule has 3 heteroatoms. The molecule has 0 aliphatic rings. The Morgan fingerprint density at radius 3 is 2.67 bits per heavy atom. The van der Waals surface area contributed by atoms with Gasteiger partial charge in [0.2, 0.25) is 0 Å². The van der Waals surface area contributed by atoms with Crippen molar-refractivity contribution >= 4 is 11.9 Å². The molecule has 0 aromatic heterocycles. The largest absolute Gasteiger partial charge is 0.359 e. The molecule has 0 N–H and O–H groups in total. The van der Waals surface area contributed by atoms with E-state index in [4.69, 9.17) is 9.47 Å². The maximum absolute atomic E-state index is 11.2. The van der Waals surface area contributed by atoms with Gasteiger partial charge in [-0.3, -0.25) is 0 Å².